The van der Waals surface area contributed by atoms with Gasteiger partial charge in [-0.2, -0.15) is 0 Å². The van der Waals surface area contributed by atoms with E-state index in [1.165, 1.54) is 12.8 Å². The molecular formula is C13H23NO2. The number of esters is 1. The van der Waals surface area contributed by atoms with Gasteiger partial charge < -0.3 is 10.1 Å². The smallest absolute Gasteiger partial charge is 0.306 e. The van der Waals surface area contributed by atoms with Gasteiger partial charge in [-0.15, -0.1) is 0 Å². The Morgan fingerprint density at radius 2 is 1.81 bits per heavy atom. The summed E-state index contributed by atoms with van der Waals surface area (Å²) in [6.07, 6.45) is 5.47. The first kappa shape index (κ1) is 11.9. The molecule has 2 atom stereocenters. The highest BCUT2D eigenvalue weighted by Crippen LogP contribution is 2.33. The lowest BCUT2D eigenvalue weighted by molar-refractivity contribution is -0.156. The molecular weight excluding hydrogens is 202 g/mol. The van der Waals surface area contributed by atoms with Gasteiger partial charge in [0.05, 0.1) is 0 Å². The van der Waals surface area contributed by atoms with Crippen LogP contribution in [0.2, 0.25) is 0 Å². The van der Waals surface area contributed by atoms with Gasteiger partial charge in [0, 0.05) is 18.5 Å². The molecule has 2 aliphatic heterocycles. The van der Waals surface area contributed by atoms with Crippen LogP contribution in [0, 0.1) is 5.92 Å². The molecule has 0 aromatic rings. The van der Waals surface area contributed by atoms with Crippen LogP contribution in [0.15, 0.2) is 0 Å². The van der Waals surface area contributed by atoms with Crippen LogP contribution < -0.4 is 5.32 Å². The zero-order valence-corrected chi connectivity index (χ0v) is 10.6. The predicted octanol–water partition coefficient (Wildman–Crippen LogP) is 2.25. The van der Waals surface area contributed by atoms with E-state index < -0.39 is 0 Å². The summed E-state index contributed by atoms with van der Waals surface area (Å²) in [5, 5.41) is 3.59. The van der Waals surface area contributed by atoms with E-state index in [4.69, 9.17) is 4.74 Å². The molecule has 2 fully saturated rings. The normalized spacial score (nSPS) is 33.8. The summed E-state index contributed by atoms with van der Waals surface area (Å²) in [5.41, 5.74) is -0.344. The molecule has 2 rings (SSSR count). The predicted molar refractivity (Wildman–Crippen MR) is 63.1 cm³/mol. The Morgan fingerprint density at radius 3 is 2.31 bits per heavy atom. The van der Waals surface area contributed by atoms with Gasteiger partial charge in [0.1, 0.15) is 5.60 Å². The van der Waals surface area contributed by atoms with Crippen molar-refractivity contribution in [2.75, 3.05) is 0 Å². The second-order valence-electron chi connectivity index (χ2n) is 6.27. The topological polar surface area (TPSA) is 38.3 Å². The van der Waals surface area contributed by atoms with Gasteiger partial charge in [0.15, 0.2) is 0 Å². The molecule has 1 N–H and O–H groups in total. The van der Waals surface area contributed by atoms with E-state index in [9.17, 15) is 4.79 Å². The summed E-state index contributed by atoms with van der Waals surface area (Å²) in [6, 6.07) is 1.32. The molecule has 2 bridgehead atoms. The van der Waals surface area contributed by atoms with Crippen LogP contribution in [-0.4, -0.2) is 23.7 Å². The second kappa shape index (κ2) is 4.36. The zero-order chi connectivity index (χ0) is 11.8. The summed E-state index contributed by atoms with van der Waals surface area (Å²) in [5.74, 6) is 0.507. The van der Waals surface area contributed by atoms with Crippen LogP contribution in [0.25, 0.3) is 0 Å². The summed E-state index contributed by atoms with van der Waals surface area (Å²) >= 11 is 0. The first-order chi connectivity index (χ1) is 7.42. The maximum absolute atomic E-state index is 11.7. The molecule has 2 unspecified atom stereocenters. The fraction of sp³-hybridized carbons (Fsp3) is 0.923. The Balaban J connectivity index is 1.79. The summed E-state index contributed by atoms with van der Waals surface area (Å²) in [4.78, 5) is 11.7. The highest BCUT2D eigenvalue weighted by molar-refractivity contribution is 5.70. The third-order valence-corrected chi connectivity index (χ3v) is 3.45. The van der Waals surface area contributed by atoms with E-state index in [2.05, 4.69) is 5.32 Å². The molecule has 2 aliphatic rings. The van der Waals surface area contributed by atoms with Crippen molar-refractivity contribution in [3.05, 3.63) is 0 Å². The quantitative estimate of drug-likeness (QED) is 0.732. The highest BCUT2D eigenvalue weighted by atomic mass is 16.6. The van der Waals surface area contributed by atoms with Gasteiger partial charge in [-0.1, -0.05) is 0 Å². The van der Waals surface area contributed by atoms with Crippen molar-refractivity contribution in [1.29, 1.82) is 0 Å². The molecule has 0 aliphatic carbocycles. The molecule has 0 aromatic carbocycles. The first-order valence-electron chi connectivity index (χ1n) is 6.40. The standard InChI is InChI=1S/C13H23NO2/c1-13(2,3)16-12(15)8-9-6-10-4-5-11(7-9)14-10/h9-11,14H,4-8H2,1-3H3. The third kappa shape index (κ3) is 3.21. The van der Waals surface area contributed by atoms with Crippen LogP contribution in [0.3, 0.4) is 0 Å². The average Bonchev–Trinajstić information content (AvgIpc) is 2.42. The molecule has 0 radical (unpaired) electrons. The SMILES string of the molecule is CC(C)(C)OC(=O)CC1CC2CCC(C1)N2. The lowest BCUT2D eigenvalue weighted by Crippen LogP contribution is -2.39. The first-order valence-corrected chi connectivity index (χ1v) is 6.40. The van der Waals surface area contributed by atoms with Crippen molar-refractivity contribution >= 4 is 5.97 Å². The maximum Gasteiger partial charge on any atom is 0.306 e. The number of carbonyl (C=O) groups is 1. The monoisotopic (exact) mass is 225 g/mol. The Bertz CT molecular complexity index is 258. The lowest BCUT2D eigenvalue weighted by atomic mass is 9.90. The Morgan fingerprint density at radius 1 is 1.25 bits per heavy atom. The minimum Gasteiger partial charge on any atom is -0.460 e. The third-order valence-electron chi connectivity index (χ3n) is 3.45. The van der Waals surface area contributed by atoms with E-state index >= 15 is 0 Å². The van der Waals surface area contributed by atoms with Crippen molar-refractivity contribution in [3.63, 3.8) is 0 Å². The number of carbonyl (C=O) groups excluding carboxylic acids is 1. The van der Waals surface area contributed by atoms with Gasteiger partial charge in [-0.25, -0.2) is 0 Å². The minimum atomic E-state index is -0.344. The Hall–Kier alpha value is -0.570. The minimum absolute atomic E-state index is 0.0289. The average molecular weight is 225 g/mol. The Labute approximate surface area is 97.9 Å². The number of hydrogen-bond donors (Lipinski definition) is 1. The van der Waals surface area contributed by atoms with E-state index in [1.54, 1.807) is 0 Å². The van der Waals surface area contributed by atoms with Crippen LogP contribution in [0.1, 0.15) is 52.9 Å². The number of rotatable bonds is 2. The van der Waals surface area contributed by atoms with E-state index in [0.717, 1.165) is 12.8 Å². The summed E-state index contributed by atoms with van der Waals surface area (Å²) < 4.78 is 5.37. The van der Waals surface area contributed by atoms with Crippen LogP contribution in [0.5, 0.6) is 0 Å². The van der Waals surface area contributed by atoms with Gasteiger partial charge in [-0.3, -0.25) is 4.79 Å². The van der Waals surface area contributed by atoms with Crippen LogP contribution in [0.4, 0.5) is 0 Å². The molecule has 2 heterocycles. The van der Waals surface area contributed by atoms with E-state index in [1.807, 2.05) is 20.8 Å². The Kier molecular flexibility index (Phi) is 3.24. The fourth-order valence-electron chi connectivity index (χ4n) is 2.96. The van der Waals surface area contributed by atoms with Crippen LogP contribution >= 0.6 is 0 Å². The van der Waals surface area contributed by atoms with Crippen LogP contribution in [-0.2, 0) is 9.53 Å². The number of piperidine rings is 1. The molecule has 3 nitrogen and oxygen atoms in total. The summed E-state index contributed by atoms with van der Waals surface area (Å²) in [7, 11) is 0. The van der Waals surface area contributed by atoms with Crippen molar-refractivity contribution in [1.82, 2.24) is 5.32 Å². The fourth-order valence-corrected chi connectivity index (χ4v) is 2.96. The number of nitrogens with one attached hydrogen (secondary N) is 1. The molecule has 92 valence electrons. The zero-order valence-electron chi connectivity index (χ0n) is 10.6. The molecule has 0 spiro atoms. The molecule has 2 saturated heterocycles. The van der Waals surface area contributed by atoms with E-state index in [0.29, 0.717) is 24.4 Å². The van der Waals surface area contributed by atoms with Crippen molar-refractivity contribution in [2.45, 2.75) is 70.6 Å². The van der Waals surface area contributed by atoms with Crippen molar-refractivity contribution in [3.8, 4) is 0 Å². The molecule has 16 heavy (non-hydrogen) atoms. The largest absolute Gasteiger partial charge is 0.460 e. The van der Waals surface area contributed by atoms with Gasteiger partial charge in [0.2, 0.25) is 0 Å². The highest BCUT2D eigenvalue weighted by Gasteiger charge is 2.34. The molecule has 0 saturated carbocycles. The number of hydrogen-bond acceptors (Lipinski definition) is 3. The van der Waals surface area contributed by atoms with Gasteiger partial charge in [-0.05, 0) is 52.4 Å². The van der Waals surface area contributed by atoms with Crippen molar-refractivity contribution in [2.24, 2.45) is 5.92 Å². The maximum atomic E-state index is 11.7. The number of ether oxygens (including phenoxy) is 1. The van der Waals surface area contributed by atoms with Crippen molar-refractivity contribution < 1.29 is 9.53 Å². The second-order valence-corrected chi connectivity index (χ2v) is 6.27. The molecule has 0 aromatic heterocycles. The molecule has 3 heteroatoms. The number of fused-ring (bicyclic) bond motifs is 2. The van der Waals surface area contributed by atoms with Gasteiger partial charge in [0.25, 0.3) is 0 Å². The van der Waals surface area contributed by atoms with E-state index in [-0.39, 0.29) is 11.6 Å². The van der Waals surface area contributed by atoms with Gasteiger partial charge >= 0.3 is 5.97 Å². The lowest BCUT2D eigenvalue weighted by Gasteiger charge is -2.29. The molecule has 0 amide bonds. The summed E-state index contributed by atoms with van der Waals surface area (Å²) in [6.45, 7) is 5.78.